The number of aryl methyl sites for hydroxylation is 1. The summed E-state index contributed by atoms with van der Waals surface area (Å²) < 4.78 is 26.4. The van der Waals surface area contributed by atoms with Crippen LogP contribution in [0, 0.1) is 6.92 Å². The first-order valence-electron chi connectivity index (χ1n) is 11.3. The average Bonchev–Trinajstić information content (AvgIpc) is 2.74. The molecule has 198 valence electrons. The molecular weight excluding hydrogens is 545 g/mol. The van der Waals surface area contributed by atoms with Crippen LogP contribution in [0.1, 0.15) is 45.2 Å². The van der Waals surface area contributed by atoms with Gasteiger partial charge in [0.25, 0.3) is 0 Å². The number of carbonyl (C=O) groups excluding carboxylic acids is 2. The molecular formula is C25H32Cl3N3O4S. The molecule has 0 aliphatic heterocycles. The van der Waals surface area contributed by atoms with Gasteiger partial charge in [-0.1, -0.05) is 53.9 Å². The first kappa shape index (κ1) is 30.2. The highest BCUT2D eigenvalue weighted by atomic mass is 35.5. The first-order chi connectivity index (χ1) is 16.5. The maximum Gasteiger partial charge on any atom is 0.244 e. The molecule has 0 fully saturated rings. The van der Waals surface area contributed by atoms with Crippen molar-refractivity contribution in [1.29, 1.82) is 0 Å². The minimum Gasteiger partial charge on any atom is -0.350 e. The second-order valence-corrected chi connectivity index (χ2v) is 12.8. The van der Waals surface area contributed by atoms with Gasteiger partial charge in [-0.15, -0.1) is 0 Å². The highest BCUT2D eigenvalue weighted by Crippen LogP contribution is 2.27. The molecule has 1 N–H and O–H groups in total. The van der Waals surface area contributed by atoms with Crippen LogP contribution >= 0.6 is 34.8 Å². The Labute approximate surface area is 228 Å². The number of anilines is 1. The van der Waals surface area contributed by atoms with Crippen molar-refractivity contribution in [3.05, 3.63) is 62.6 Å². The normalized spacial score (nSPS) is 12.7. The lowest BCUT2D eigenvalue weighted by atomic mass is 10.1. The minimum absolute atomic E-state index is 0.0258. The van der Waals surface area contributed by atoms with Crippen LogP contribution in [-0.2, 0) is 26.2 Å². The summed E-state index contributed by atoms with van der Waals surface area (Å²) >= 11 is 18.4. The fourth-order valence-electron chi connectivity index (χ4n) is 3.56. The molecule has 0 bridgehead atoms. The molecule has 0 unspecified atom stereocenters. The predicted molar refractivity (Wildman–Crippen MR) is 147 cm³/mol. The molecule has 7 nitrogen and oxygen atoms in total. The van der Waals surface area contributed by atoms with Crippen molar-refractivity contribution in [2.75, 3.05) is 17.1 Å². The number of benzene rings is 2. The van der Waals surface area contributed by atoms with Gasteiger partial charge < -0.3 is 10.2 Å². The standard InChI is InChI=1S/C25H32Cl3N3O4S/c1-7-22(24(33)29-25(3,4)5)30(14-17-9-11-19(26)21(28)12-17)23(32)15-31(36(6,34)35)18-10-8-16(2)20(27)13-18/h8-13,22H,7,14-15H2,1-6H3,(H,29,33)/t22-/m0/s1. The summed E-state index contributed by atoms with van der Waals surface area (Å²) in [6, 6.07) is 8.84. The van der Waals surface area contributed by atoms with Crippen LogP contribution in [0.3, 0.4) is 0 Å². The summed E-state index contributed by atoms with van der Waals surface area (Å²) in [5.74, 6) is -0.901. The lowest BCUT2D eigenvalue weighted by molar-refractivity contribution is -0.141. The summed E-state index contributed by atoms with van der Waals surface area (Å²) in [5.41, 5.74) is 1.14. The van der Waals surface area contributed by atoms with E-state index in [2.05, 4.69) is 5.32 Å². The van der Waals surface area contributed by atoms with Gasteiger partial charge in [0.15, 0.2) is 0 Å². The topological polar surface area (TPSA) is 86.8 Å². The van der Waals surface area contributed by atoms with Crippen molar-refractivity contribution in [2.45, 2.75) is 59.2 Å². The monoisotopic (exact) mass is 575 g/mol. The Morgan fingerprint density at radius 3 is 2.14 bits per heavy atom. The van der Waals surface area contributed by atoms with Gasteiger partial charge >= 0.3 is 0 Å². The average molecular weight is 577 g/mol. The maximum atomic E-state index is 13.7. The number of amides is 2. The van der Waals surface area contributed by atoms with Crippen molar-refractivity contribution < 1.29 is 18.0 Å². The molecule has 0 spiro atoms. The van der Waals surface area contributed by atoms with E-state index >= 15 is 0 Å². The van der Waals surface area contributed by atoms with Crippen molar-refractivity contribution >= 4 is 62.3 Å². The zero-order chi connectivity index (χ0) is 27.4. The van der Waals surface area contributed by atoms with Gasteiger partial charge in [0.1, 0.15) is 12.6 Å². The lowest BCUT2D eigenvalue weighted by Gasteiger charge is -2.34. The summed E-state index contributed by atoms with van der Waals surface area (Å²) in [7, 11) is -3.85. The number of halogens is 3. The van der Waals surface area contributed by atoms with E-state index in [0.717, 1.165) is 16.1 Å². The maximum absolute atomic E-state index is 13.7. The molecule has 2 amide bonds. The molecule has 2 rings (SSSR count). The Balaban J connectivity index is 2.50. The fourth-order valence-corrected chi connectivity index (χ4v) is 4.89. The number of hydrogen-bond donors (Lipinski definition) is 1. The molecule has 0 aliphatic carbocycles. The van der Waals surface area contributed by atoms with Crippen LogP contribution in [0.2, 0.25) is 15.1 Å². The molecule has 2 aromatic carbocycles. The second kappa shape index (κ2) is 12.0. The van der Waals surface area contributed by atoms with E-state index in [1.54, 1.807) is 44.2 Å². The molecule has 0 heterocycles. The smallest absolute Gasteiger partial charge is 0.244 e. The third-order valence-electron chi connectivity index (χ3n) is 5.34. The highest BCUT2D eigenvalue weighted by Gasteiger charge is 2.33. The summed E-state index contributed by atoms with van der Waals surface area (Å²) in [5, 5.41) is 3.95. The molecule has 0 radical (unpaired) electrons. The van der Waals surface area contributed by atoms with E-state index in [4.69, 9.17) is 34.8 Å². The largest absolute Gasteiger partial charge is 0.350 e. The van der Waals surface area contributed by atoms with Crippen molar-refractivity contribution in [2.24, 2.45) is 0 Å². The lowest BCUT2D eigenvalue weighted by Crippen LogP contribution is -2.55. The van der Waals surface area contributed by atoms with Crippen LogP contribution in [0.15, 0.2) is 36.4 Å². The molecule has 11 heteroatoms. The van der Waals surface area contributed by atoms with Gasteiger partial charge in [-0.25, -0.2) is 8.42 Å². The van der Waals surface area contributed by atoms with Crippen LogP contribution in [0.4, 0.5) is 5.69 Å². The van der Waals surface area contributed by atoms with Gasteiger partial charge in [0.2, 0.25) is 21.8 Å². The number of hydrogen-bond acceptors (Lipinski definition) is 4. The zero-order valence-electron chi connectivity index (χ0n) is 21.2. The van der Waals surface area contributed by atoms with E-state index < -0.39 is 34.1 Å². The van der Waals surface area contributed by atoms with Crippen molar-refractivity contribution in [3.8, 4) is 0 Å². The Kier molecular flexibility index (Phi) is 10.1. The van der Waals surface area contributed by atoms with Gasteiger partial charge in [-0.05, 0) is 69.5 Å². The molecule has 0 saturated carbocycles. The Bertz CT molecular complexity index is 1230. The van der Waals surface area contributed by atoms with E-state index in [0.29, 0.717) is 27.1 Å². The van der Waals surface area contributed by atoms with Gasteiger partial charge in [0.05, 0.1) is 22.0 Å². The van der Waals surface area contributed by atoms with E-state index in [9.17, 15) is 18.0 Å². The van der Waals surface area contributed by atoms with Gasteiger partial charge in [-0.2, -0.15) is 0 Å². The van der Waals surface area contributed by atoms with E-state index in [1.165, 1.54) is 11.0 Å². The second-order valence-electron chi connectivity index (χ2n) is 9.64. The van der Waals surface area contributed by atoms with Crippen LogP contribution in [0.25, 0.3) is 0 Å². The number of rotatable bonds is 9. The quantitative estimate of drug-likeness (QED) is 0.430. The SMILES string of the molecule is CC[C@@H](C(=O)NC(C)(C)C)N(Cc1ccc(Cl)c(Cl)c1)C(=O)CN(c1ccc(C)c(Cl)c1)S(C)(=O)=O. The molecule has 0 aromatic heterocycles. The van der Waals surface area contributed by atoms with Crippen LogP contribution in [0.5, 0.6) is 0 Å². The molecule has 0 saturated heterocycles. The van der Waals surface area contributed by atoms with Crippen molar-refractivity contribution in [3.63, 3.8) is 0 Å². The van der Waals surface area contributed by atoms with Crippen LogP contribution in [-0.4, -0.2) is 49.5 Å². The molecule has 0 aliphatic rings. The third kappa shape index (κ3) is 8.26. The van der Waals surface area contributed by atoms with Gasteiger partial charge in [0, 0.05) is 17.1 Å². The number of carbonyl (C=O) groups is 2. The highest BCUT2D eigenvalue weighted by molar-refractivity contribution is 7.92. The molecule has 2 aromatic rings. The fraction of sp³-hybridized carbons (Fsp3) is 0.440. The third-order valence-corrected chi connectivity index (χ3v) is 7.63. The zero-order valence-corrected chi connectivity index (χ0v) is 24.3. The van der Waals surface area contributed by atoms with Gasteiger partial charge in [-0.3, -0.25) is 13.9 Å². The minimum atomic E-state index is -3.85. The first-order valence-corrected chi connectivity index (χ1v) is 14.3. The summed E-state index contributed by atoms with van der Waals surface area (Å²) in [4.78, 5) is 28.2. The Morgan fingerprint density at radius 2 is 1.64 bits per heavy atom. The molecule has 36 heavy (non-hydrogen) atoms. The molecule has 1 atom stereocenters. The number of sulfonamides is 1. The van der Waals surface area contributed by atoms with E-state index in [1.807, 2.05) is 20.8 Å². The summed E-state index contributed by atoms with van der Waals surface area (Å²) in [6.45, 7) is 8.62. The number of nitrogens with one attached hydrogen (secondary N) is 1. The predicted octanol–water partition coefficient (Wildman–Crippen LogP) is 5.44. The Morgan fingerprint density at radius 1 is 1.00 bits per heavy atom. The number of nitrogens with zero attached hydrogens (tertiary/aromatic N) is 2. The van der Waals surface area contributed by atoms with E-state index in [-0.39, 0.29) is 18.1 Å². The van der Waals surface area contributed by atoms with Crippen molar-refractivity contribution in [1.82, 2.24) is 10.2 Å². The Hall–Kier alpha value is -2.00. The van der Waals surface area contributed by atoms with Crippen LogP contribution < -0.4 is 9.62 Å². The summed E-state index contributed by atoms with van der Waals surface area (Å²) in [6.07, 6.45) is 1.32.